The Morgan fingerprint density at radius 3 is 2.40 bits per heavy atom. The summed E-state index contributed by atoms with van der Waals surface area (Å²) in [6.45, 7) is -0.206. The SMILES string of the molecule is O=C(Nc1cc2c(cc1[N+](=O)[O-])OCO2)C1C(c2ccc(Cl)c(Cl)c2)OC2(C(=O)c3ccc4ccccc4c3C2=O)C1C(=O)O. The monoisotopic (exact) mass is 648 g/mol. The first-order chi connectivity index (χ1) is 21.5. The predicted molar refractivity (Wildman–Crippen MR) is 158 cm³/mol. The number of fused-ring (bicyclic) bond motifs is 4. The van der Waals surface area contributed by atoms with Gasteiger partial charge in [0.15, 0.2) is 11.5 Å². The van der Waals surface area contributed by atoms with Crippen LogP contribution < -0.4 is 14.8 Å². The first-order valence-electron chi connectivity index (χ1n) is 13.4. The van der Waals surface area contributed by atoms with Crippen molar-refractivity contribution in [3.63, 3.8) is 0 Å². The molecule has 4 aromatic carbocycles. The fourth-order valence-corrected chi connectivity index (χ4v) is 6.64. The van der Waals surface area contributed by atoms with Gasteiger partial charge in [-0.2, -0.15) is 0 Å². The van der Waals surface area contributed by atoms with Crippen LogP contribution >= 0.6 is 23.2 Å². The zero-order valence-corrected chi connectivity index (χ0v) is 24.1. The lowest BCUT2D eigenvalue weighted by Crippen LogP contribution is -2.52. The van der Waals surface area contributed by atoms with Crippen LogP contribution in [0.4, 0.5) is 11.4 Å². The van der Waals surface area contributed by atoms with Crippen molar-refractivity contribution in [2.45, 2.75) is 11.7 Å². The molecule has 2 N–H and O–H groups in total. The minimum Gasteiger partial charge on any atom is -0.481 e. The van der Waals surface area contributed by atoms with Gasteiger partial charge >= 0.3 is 5.97 Å². The predicted octanol–water partition coefficient (Wildman–Crippen LogP) is 5.63. The van der Waals surface area contributed by atoms with E-state index >= 15 is 0 Å². The summed E-state index contributed by atoms with van der Waals surface area (Å²) in [5.74, 6) is -8.22. The largest absolute Gasteiger partial charge is 0.481 e. The molecule has 1 spiro atoms. The number of hydrogen-bond donors (Lipinski definition) is 2. The number of nitrogens with zero attached hydrogens (tertiary/aromatic N) is 1. The Hall–Kier alpha value is -5.04. The van der Waals surface area contributed by atoms with Gasteiger partial charge in [0.1, 0.15) is 11.6 Å². The van der Waals surface area contributed by atoms with Gasteiger partial charge in [0.05, 0.1) is 33.1 Å². The highest BCUT2D eigenvalue weighted by atomic mass is 35.5. The van der Waals surface area contributed by atoms with Crippen molar-refractivity contribution in [3.05, 3.63) is 104 Å². The van der Waals surface area contributed by atoms with Gasteiger partial charge in [0, 0.05) is 17.2 Å². The van der Waals surface area contributed by atoms with Gasteiger partial charge < -0.3 is 24.6 Å². The molecule has 0 saturated carbocycles. The first-order valence-corrected chi connectivity index (χ1v) is 14.1. The summed E-state index contributed by atoms with van der Waals surface area (Å²) < 4.78 is 16.7. The van der Waals surface area contributed by atoms with Crippen LogP contribution in [0.15, 0.2) is 66.7 Å². The van der Waals surface area contributed by atoms with E-state index in [9.17, 15) is 34.4 Å². The lowest BCUT2D eigenvalue weighted by molar-refractivity contribution is -0.384. The summed E-state index contributed by atoms with van der Waals surface area (Å²) in [6.07, 6.45) is -1.53. The van der Waals surface area contributed by atoms with Crippen molar-refractivity contribution < 1.29 is 43.4 Å². The molecule has 2 aliphatic heterocycles. The standard InChI is InChI=1S/C31H18Cl2N2O10/c32-17-8-6-14(9-18(17)33)26-24(29(38)34-19-10-21-22(44-12-43-21)11-20(19)35(41)42)25(30(39)40)31(45-26)27(36)16-7-5-13-3-1-2-4-15(13)23(16)28(31)37/h1-11,24-26H,12H2,(H,34,38)(H,39,40). The van der Waals surface area contributed by atoms with Crippen LogP contribution in [0.2, 0.25) is 10.0 Å². The Morgan fingerprint density at radius 2 is 1.69 bits per heavy atom. The second-order valence-electron chi connectivity index (χ2n) is 10.6. The van der Waals surface area contributed by atoms with E-state index in [2.05, 4.69) is 5.32 Å². The Balaban J connectivity index is 1.40. The number of carbonyl (C=O) groups excluding carboxylic acids is 3. The van der Waals surface area contributed by atoms with E-state index in [0.717, 1.165) is 6.07 Å². The number of rotatable bonds is 5. The lowest BCUT2D eigenvalue weighted by Gasteiger charge is -2.25. The third-order valence-corrected chi connectivity index (χ3v) is 9.04. The normalized spacial score (nSPS) is 23.0. The molecule has 1 saturated heterocycles. The zero-order valence-electron chi connectivity index (χ0n) is 22.6. The second-order valence-corrected chi connectivity index (χ2v) is 11.4. The van der Waals surface area contributed by atoms with Gasteiger partial charge in [-0.1, -0.05) is 59.6 Å². The van der Waals surface area contributed by atoms with E-state index in [1.54, 1.807) is 30.3 Å². The van der Waals surface area contributed by atoms with Crippen molar-refractivity contribution >= 4 is 68.8 Å². The van der Waals surface area contributed by atoms with E-state index in [0.29, 0.717) is 10.8 Å². The molecule has 4 aromatic rings. The number of nitrogens with one attached hydrogen (secondary N) is 1. The van der Waals surface area contributed by atoms with Gasteiger partial charge in [-0.25, -0.2) is 0 Å². The molecule has 0 aromatic heterocycles. The first kappa shape index (κ1) is 28.7. The summed E-state index contributed by atoms with van der Waals surface area (Å²) in [6, 6.07) is 16.2. The number of carbonyl (C=O) groups is 4. The number of carboxylic acids is 1. The van der Waals surface area contributed by atoms with Crippen molar-refractivity contribution in [2.24, 2.45) is 11.8 Å². The number of hydrogen-bond acceptors (Lipinski definition) is 9. The molecule has 3 aliphatic rings. The Kier molecular flexibility index (Phi) is 6.55. The Bertz CT molecular complexity index is 2030. The molecular weight excluding hydrogens is 631 g/mol. The molecule has 7 rings (SSSR count). The number of anilines is 1. The molecule has 1 amide bonds. The van der Waals surface area contributed by atoms with E-state index in [-0.39, 0.29) is 50.7 Å². The van der Waals surface area contributed by atoms with Gasteiger partial charge in [-0.3, -0.25) is 29.3 Å². The highest BCUT2D eigenvalue weighted by Crippen LogP contribution is 2.55. The molecule has 0 radical (unpaired) electrons. The van der Waals surface area contributed by atoms with Crippen LogP contribution in [-0.2, 0) is 14.3 Å². The number of halogens is 2. The topological polar surface area (TPSA) is 171 Å². The number of ether oxygens (including phenoxy) is 3. The summed E-state index contributed by atoms with van der Waals surface area (Å²) in [4.78, 5) is 66.9. The molecule has 45 heavy (non-hydrogen) atoms. The van der Waals surface area contributed by atoms with Gasteiger partial charge in [0.2, 0.25) is 29.9 Å². The van der Waals surface area contributed by atoms with Crippen LogP contribution in [0.5, 0.6) is 11.5 Å². The molecule has 1 aliphatic carbocycles. The molecule has 4 unspecified atom stereocenters. The number of benzene rings is 4. The highest BCUT2D eigenvalue weighted by molar-refractivity contribution is 6.42. The third kappa shape index (κ3) is 4.17. The minimum atomic E-state index is -2.64. The maximum atomic E-state index is 14.3. The van der Waals surface area contributed by atoms with E-state index in [1.807, 2.05) is 0 Å². The zero-order chi connectivity index (χ0) is 31.8. The summed E-state index contributed by atoms with van der Waals surface area (Å²) in [5, 5.41) is 26.2. The molecular formula is C31H18Cl2N2O10. The second kappa shape index (κ2) is 10.3. The van der Waals surface area contributed by atoms with Gasteiger partial charge in [-0.15, -0.1) is 0 Å². The Labute approximate surface area is 262 Å². The van der Waals surface area contributed by atoms with Gasteiger partial charge in [-0.05, 0) is 34.5 Å². The number of aliphatic carboxylic acids is 1. The molecule has 4 atom stereocenters. The average Bonchev–Trinajstić information content (AvgIpc) is 3.69. The smallest absolute Gasteiger partial charge is 0.311 e. The van der Waals surface area contributed by atoms with Crippen LogP contribution in [0.3, 0.4) is 0 Å². The number of Topliss-reactive ketones (excluding diaryl/α,β-unsaturated/α-hetero) is 2. The fourth-order valence-electron chi connectivity index (χ4n) is 6.34. The lowest BCUT2D eigenvalue weighted by atomic mass is 9.75. The fraction of sp³-hybridized carbons (Fsp3) is 0.161. The number of nitro benzene ring substituents is 1. The molecule has 14 heteroatoms. The van der Waals surface area contributed by atoms with Crippen LogP contribution in [0, 0.1) is 22.0 Å². The summed E-state index contributed by atoms with van der Waals surface area (Å²) >= 11 is 12.4. The van der Waals surface area contributed by atoms with Crippen LogP contribution in [0.1, 0.15) is 32.4 Å². The van der Waals surface area contributed by atoms with Crippen molar-refractivity contribution in [1.82, 2.24) is 0 Å². The van der Waals surface area contributed by atoms with E-state index < -0.39 is 57.6 Å². The number of amides is 1. The molecule has 2 heterocycles. The quantitative estimate of drug-likeness (QED) is 0.157. The van der Waals surface area contributed by atoms with Crippen molar-refractivity contribution in [3.8, 4) is 11.5 Å². The summed E-state index contributed by atoms with van der Waals surface area (Å²) in [7, 11) is 0. The van der Waals surface area contributed by atoms with E-state index in [1.165, 1.54) is 30.3 Å². The maximum Gasteiger partial charge on any atom is 0.311 e. The Morgan fingerprint density at radius 1 is 0.956 bits per heavy atom. The number of ketones is 2. The number of nitro groups is 1. The minimum absolute atomic E-state index is 0.0234. The van der Waals surface area contributed by atoms with Crippen LogP contribution in [-0.4, -0.2) is 45.9 Å². The van der Waals surface area contributed by atoms with Crippen LogP contribution in [0.25, 0.3) is 10.8 Å². The number of carboxylic acid groups (broad SMARTS) is 1. The molecule has 12 nitrogen and oxygen atoms in total. The summed E-state index contributed by atoms with van der Waals surface area (Å²) in [5.41, 5.74) is -3.46. The highest BCUT2D eigenvalue weighted by Gasteiger charge is 2.71. The van der Waals surface area contributed by atoms with Crippen molar-refractivity contribution in [2.75, 3.05) is 12.1 Å². The van der Waals surface area contributed by atoms with E-state index in [4.69, 9.17) is 37.4 Å². The average molecular weight is 649 g/mol. The van der Waals surface area contributed by atoms with Gasteiger partial charge in [0.25, 0.3) is 5.69 Å². The maximum absolute atomic E-state index is 14.3. The van der Waals surface area contributed by atoms with Crippen molar-refractivity contribution in [1.29, 1.82) is 0 Å². The molecule has 0 bridgehead atoms. The molecule has 1 fully saturated rings. The third-order valence-electron chi connectivity index (χ3n) is 8.30. The molecule has 226 valence electrons.